The van der Waals surface area contributed by atoms with Crippen molar-refractivity contribution in [2.45, 2.75) is 123 Å². The Hall–Kier alpha value is -0.640. The van der Waals surface area contributed by atoms with E-state index in [0.29, 0.717) is 0 Å². The molecule has 1 aliphatic carbocycles. The van der Waals surface area contributed by atoms with E-state index in [4.69, 9.17) is 46.6 Å². The highest BCUT2D eigenvalue weighted by Crippen LogP contribution is 2.35. The molecular formula is C22H43N5O11. The number of aliphatic hydroxyl groups is 6. The molecule has 0 aromatic heterocycles. The Morgan fingerprint density at radius 1 is 0.737 bits per heavy atom. The largest absolute Gasteiger partial charge is 0.394 e. The van der Waals surface area contributed by atoms with Crippen LogP contribution < -0.4 is 28.3 Å². The lowest BCUT2D eigenvalue weighted by atomic mass is 9.84. The summed E-state index contributed by atoms with van der Waals surface area (Å²) in [6.45, 7) is -0.508. The molecule has 4 fully saturated rings. The second-order valence-corrected chi connectivity index (χ2v) is 10.7. The number of hydrogen-bond donors (Lipinski definition) is 11. The van der Waals surface area contributed by atoms with Crippen molar-refractivity contribution in [3.05, 3.63) is 0 Å². The maximum atomic E-state index is 11.2. The Labute approximate surface area is 220 Å². The highest BCUT2D eigenvalue weighted by atomic mass is 16.8. The van der Waals surface area contributed by atoms with Crippen molar-refractivity contribution in [1.29, 1.82) is 0 Å². The summed E-state index contributed by atoms with van der Waals surface area (Å²) in [5.41, 5.74) is 24.1. The zero-order valence-corrected chi connectivity index (χ0v) is 21.2. The van der Waals surface area contributed by atoms with E-state index in [0.717, 1.165) is 0 Å². The zero-order valence-electron chi connectivity index (χ0n) is 21.2. The lowest BCUT2D eigenvalue weighted by molar-refractivity contribution is -0.361. The molecule has 222 valence electrons. The third-order valence-corrected chi connectivity index (χ3v) is 7.96. The van der Waals surface area contributed by atoms with Crippen LogP contribution in [0.25, 0.3) is 0 Å². The minimum absolute atomic E-state index is 0.157. The standard InChI is InChI=1S/C22H43N5O11/c1-27-14-16(32)19-11(34-22(14)38-21-10(30)4-9(29)13(26)12(5-28)35-21)3-8(25)20(37-19)36-18-7(24)2-6(23)15(31)17(18)33/h6-22,27-33H,2-5,23-26H2,1H3/t6-,7?,8?,9?,10?,11+,12?,13+,14?,15?,16?,17?,18-,19?,20+,21-,22?/m1/s1. The molecule has 3 aliphatic heterocycles. The second kappa shape index (κ2) is 12.5. The predicted octanol–water partition coefficient (Wildman–Crippen LogP) is -6.56. The second-order valence-electron chi connectivity index (χ2n) is 10.7. The maximum Gasteiger partial charge on any atom is 0.187 e. The first kappa shape index (κ1) is 30.3. The molecule has 0 bridgehead atoms. The van der Waals surface area contributed by atoms with Crippen LogP contribution in [-0.2, 0) is 23.7 Å². The highest BCUT2D eigenvalue weighted by Gasteiger charge is 2.53. The molecule has 16 nitrogen and oxygen atoms in total. The van der Waals surface area contributed by atoms with Crippen molar-refractivity contribution >= 4 is 0 Å². The lowest BCUT2D eigenvalue weighted by Gasteiger charge is -2.51. The van der Waals surface area contributed by atoms with Gasteiger partial charge in [0, 0.05) is 18.5 Å². The van der Waals surface area contributed by atoms with Crippen molar-refractivity contribution in [3.8, 4) is 0 Å². The fourth-order valence-electron chi connectivity index (χ4n) is 5.63. The van der Waals surface area contributed by atoms with Gasteiger partial charge < -0.3 is 82.6 Å². The molecule has 38 heavy (non-hydrogen) atoms. The van der Waals surface area contributed by atoms with E-state index in [2.05, 4.69) is 5.32 Å². The Bertz CT molecular complexity index is 773. The van der Waals surface area contributed by atoms with Gasteiger partial charge in [0.05, 0.1) is 43.0 Å². The van der Waals surface area contributed by atoms with E-state index in [1.807, 2.05) is 0 Å². The number of nitrogens with one attached hydrogen (secondary N) is 1. The van der Waals surface area contributed by atoms with E-state index >= 15 is 0 Å². The van der Waals surface area contributed by atoms with E-state index in [1.165, 1.54) is 0 Å². The molecular weight excluding hydrogens is 510 g/mol. The normalized spacial score (nSPS) is 54.2. The SMILES string of the molecule is CNC1C(O[C@H]2OC(CO)[C@@H](N)C(O)CC2O)O[C@H]2CC(N)[C@@H](O[C@@H]3C(N)C[C@@H](N)C(O)C3O)OC2C1O. The van der Waals surface area contributed by atoms with Crippen molar-refractivity contribution in [2.24, 2.45) is 22.9 Å². The minimum Gasteiger partial charge on any atom is -0.394 e. The summed E-state index contributed by atoms with van der Waals surface area (Å²) in [5, 5.41) is 65.1. The van der Waals surface area contributed by atoms with Gasteiger partial charge in [-0.3, -0.25) is 0 Å². The van der Waals surface area contributed by atoms with Crippen LogP contribution >= 0.6 is 0 Å². The summed E-state index contributed by atoms with van der Waals surface area (Å²) >= 11 is 0. The summed E-state index contributed by atoms with van der Waals surface area (Å²) in [6.07, 6.45) is -13.2. The third-order valence-electron chi connectivity index (χ3n) is 7.96. The van der Waals surface area contributed by atoms with Gasteiger partial charge in [-0.1, -0.05) is 0 Å². The summed E-state index contributed by atoms with van der Waals surface area (Å²) in [4.78, 5) is 0. The zero-order chi connectivity index (χ0) is 27.9. The molecule has 15 N–H and O–H groups in total. The number of rotatable bonds is 6. The van der Waals surface area contributed by atoms with Crippen molar-refractivity contribution in [1.82, 2.24) is 5.32 Å². The van der Waals surface area contributed by atoms with Gasteiger partial charge in [-0.15, -0.1) is 0 Å². The third kappa shape index (κ3) is 6.01. The van der Waals surface area contributed by atoms with Gasteiger partial charge in [0.15, 0.2) is 18.9 Å². The van der Waals surface area contributed by atoms with E-state index in [9.17, 15) is 30.6 Å². The number of ether oxygens (including phenoxy) is 5. The molecule has 4 aliphatic rings. The molecule has 0 spiro atoms. The first-order valence-electron chi connectivity index (χ1n) is 12.9. The first-order chi connectivity index (χ1) is 18.0. The Morgan fingerprint density at radius 3 is 2.11 bits per heavy atom. The summed E-state index contributed by atoms with van der Waals surface area (Å²) < 4.78 is 29.5. The molecule has 3 heterocycles. The van der Waals surface area contributed by atoms with Crippen LogP contribution in [0, 0.1) is 0 Å². The van der Waals surface area contributed by atoms with Gasteiger partial charge in [-0.05, 0) is 19.9 Å². The van der Waals surface area contributed by atoms with Crippen LogP contribution in [0.4, 0.5) is 0 Å². The maximum absolute atomic E-state index is 11.2. The van der Waals surface area contributed by atoms with Gasteiger partial charge in [-0.25, -0.2) is 0 Å². The van der Waals surface area contributed by atoms with Crippen LogP contribution in [0.3, 0.4) is 0 Å². The molecule has 17 atom stereocenters. The van der Waals surface area contributed by atoms with Crippen LogP contribution in [-0.4, -0.2) is 148 Å². The smallest absolute Gasteiger partial charge is 0.187 e. The Balaban J connectivity index is 1.44. The number of fused-ring (bicyclic) bond motifs is 1. The minimum atomic E-state index is -1.35. The van der Waals surface area contributed by atoms with Crippen molar-refractivity contribution in [2.75, 3.05) is 13.7 Å². The molecule has 0 amide bonds. The van der Waals surface area contributed by atoms with Crippen molar-refractivity contribution < 1.29 is 54.3 Å². The molecule has 0 radical (unpaired) electrons. The van der Waals surface area contributed by atoms with Crippen LogP contribution in [0.5, 0.6) is 0 Å². The van der Waals surface area contributed by atoms with Crippen molar-refractivity contribution in [3.63, 3.8) is 0 Å². The molecule has 3 saturated heterocycles. The van der Waals surface area contributed by atoms with Crippen LogP contribution in [0.2, 0.25) is 0 Å². The number of nitrogens with two attached hydrogens (primary N) is 4. The molecule has 0 aromatic carbocycles. The molecule has 1 saturated carbocycles. The predicted molar refractivity (Wildman–Crippen MR) is 128 cm³/mol. The van der Waals surface area contributed by atoms with Gasteiger partial charge >= 0.3 is 0 Å². The quantitative estimate of drug-likeness (QED) is 0.146. The highest BCUT2D eigenvalue weighted by molar-refractivity contribution is 5.01. The number of aliphatic hydroxyl groups excluding tert-OH is 6. The molecule has 16 heteroatoms. The monoisotopic (exact) mass is 553 g/mol. The Morgan fingerprint density at radius 2 is 1.45 bits per heavy atom. The fourth-order valence-corrected chi connectivity index (χ4v) is 5.63. The molecule has 0 aromatic rings. The van der Waals surface area contributed by atoms with Crippen LogP contribution in [0.1, 0.15) is 19.3 Å². The topological polar surface area (TPSA) is 284 Å². The van der Waals surface area contributed by atoms with E-state index < -0.39 is 111 Å². The number of hydrogen-bond acceptors (Lipinski definition) is 16. The van der Waals surface area contributed by atoms with Gasteiger partial charge in [-0.2, -0.15) is 0 Å². The van der Waals surface area contributed by atoms with Gasteiger partial charge in [0.25, 0.3) is 0 Å². The summed E-state index contributed by atoms with van der Waals surface area (Å²) in [6, 6.07) is -3.94. The van der Waals surface area contributed by atoms with Gasteiger partial charge in [0.1, 0.15) is 36.6 Å². The van der Waals surface area contributed by atoms with E-state index in [-0.39, 0.29) is 19.3 Å². The average molecular weight is 554 g/mol. The van der Waals surface area contributed by atoms with Crippen LogP contribution in [0.15, 0.2) is 0 Å². The Kier molecular flexibility index (Phi) is 9.96. The average Bonchev–Trinajstić information content (AvgIpc) is 2.97. The lowest BCUT2D eigenvalue weighted by Crippen LogP contribution is -2.69. The molecule has 11 unspecified atom stereocenters. The van der Waals surface area contributed by atoms with Gasteiger partial charge in [0.2, 0.25) is 0 Å². The number of likely N-dealkylation sites (N-methyl/N-ethyl adjacent to an activating group) is 1. The van der Waals surface area contributed by atoms with E-state index in [1.54, 1.807) is 7.05 Å². The summed E-state index contributed by atoms with van der Waals surface area (Å²) in [5.74, 6) is 0. The fraction of sp³-hybridized carbons (Fsp3) is 1.00. The summed E-state index contributed by atoms with van der Waals surface area (Å²) in [7, 11) is 1.57. The first-order valence-corrected chi connectivity index (χ1v) is 12.9. The molecule has 4 rings (SSSR count).